The molecule has 0 aliphatic carbocycles. The third-order valence-corrected chi connectivity index (χ3v) is 2.90. The Kier molecular flexibility index (Phi) is 2.90. The van der Waals surface area contributed by atoms with E-state index in [1.807, 2.05) is 6.92 Å². The lowest BCUT2D eigenvalue weighted by Gasteiger charge is -2.33. The van der Waals surface area contributed by atoms with Crippen LogP contribution >= 0.6 is 0 Å². The van der Waals surface area contributed by atoms with Crippen molar-refractivity contribution in [3.8, 4) is 0 Å². The monoisotopic (exact) mass is 225 g/mol. The molecule has 2 nitrogen and oxygen atoms in total. The van der Waals surface area contributed by atoms with E-state index in [-0.39, 0.29) is 11.9 Å². The van der Waals surface area contributed by atoms with E-state index in [4.69, 9.17) is 0 Å². The Hall–Kier alpha value is -1.45. The molecule has 1 aromatic carbocycles. The van der Waals surface area contributed by atoms with Crippen molar-refractivity contribution in [1.29, 1.82) is 0 Å². The van der Waals surface area contributed by atoms with Crippen LogP contribution in [0, 0.1) is 11.6 Å². The maximum absolute atomic E-state index is 13.1. The van der Waals surface area contributed by atoms with Crippen molar-refractivity contribution >= 4 is 11.6 Å². The van der Waals surface area contributed by atoms with Gasteiger partial charge in [-0.1, -0.05) is 0 Å². The van der Waals surface area contributed by atoms with E-state index in [0.717, 1.165) is 25.0 Å². The van der Waals surface area contributed by atoms with E-state index >= 15 is 0 Å². The first-order chi connectivity index (χ1) is 7.59. The lowest BCUT2D eigenvalue weighted by atomic mass is 10.0. The molecule has 86 valence electrons. The molecular weight excluding hydrogens is 212 g/mol. The van der Waals surface area contributed by atoms with Gasteiger partial charge in [-0.3, -0.25) is 4.79 Å². The Bertz CT molecular complexity index is 419. The second-order valence-electron chi connectivity index (χ2n) is 4.10. The fourth-order valence-corrected chi connectivity index (χ4v) is 2.08. The molecule has 0 saturated carbocycles. The average Bonchev–Trinajstić information content (AvgIpc) is 2.23. The van der Waals surface area contributed by atoms with E-state index in [1.54, 1.807) is 4.90 Å². The summed E-state index contributed by atoms with van der Waals surface area (Å²) in [6.07, 6.45) is 2.23. The van der Waals surface area contributed by atoms with Crippen LogP contribution in [0.25, 0.3) is 0 Å². The van der Waals surface area contributed by atoms with Gasteiger partial charge in [-0.25, -0.2) is 8.78 Å². The van der Waals surface area contributed by atoms with Crippen LogP contribution in [-0.2, 0) is 4.79 Å². The largest absolute Gasteiger partial charge is 0.310 e. The number of carbonyl (C=O) groups is 1. The molecule has 1 atom stereocenters. The number of hydrogen-bond donors (Lipinski definition) is 0. The molecule has 1 heterocycles. The van der Waals surface area contributed by atoms with Crippen LogP contribution in [0.2, 0.25) is 0 Å². The number of halogens is 2. The standard InChI is InChI=1S/C12H13F2NO/c1-8-3-2-4-12(16)15(8)9-5-6-10(13)11(14)7-9/h5-8H,2-4H2,1H3. The highest BCUT2D eigenvalue weighted by Crippen LogP contribution is 2.26. The van der Waals surface area contributed by atoms with Gasteiger partial charge in [0.15, 0.2) is 11.6 Å². The summed E-state index contributed by atoms with van der Waals surface area (Å²) in [7, 11) is 0. The van der Waals surface area contributed by atoms with Crippen LogP contribution in [0.3, 0.4) is 0 Å². The van der Waals surface area contributed by atoms with Crippen LogP contribution in [-0.4, -0.2) is 11.9 Å². The molecule has 1 aliphatic rings. The first-order valence-corrected chi connectivity index (χ1v) is 5.36. The SMILES string of the molecule is CC1CCCC(=O)N1c1ccc(F)c(F)c1. The Morgan fingerprint density at radius 3 is 2.69 bits per heavy atom. The summed E-state index contributed by atoms with van der Waals surface area (Å²) < 4.78 is 25.9. The minimum Gasteiger partial charge on any atom is -0.310 e. The van der Waals surface area contributed by atoms with Crippen molar-refractivity contribution < 1.29 is 13.6 Å². The van der Waals surface area contributed by atoms with Crippen molar-refractivity contribution in [3.05, 3.63) is 29.8 Å². The number of amides is 1. The van der Waals surface area contributed by atoms with Crippen LogP contribution in [0.4, 0.5) is 14.5 Å². The molecule has 0 bridgehead atoms. The van der Waals surface area contributed by atoms with Crippen molar-refractivity contribution in [2.75, 3.05) is 4.90 Å². The third-order valence-electron chi connectivity index (χ3n) is 2.90. The number of hydrogen-bond acceptors (Lipinski definition) is 1. The molecule has 1 amide bonds. The molecule has 1 unspecified atom stereocenters. The normalized spacial score (nSPS) is 21.3. The van der Waals surface area contributed by atoms with Crippen molar-refractivity contribution in [3.63, 3.8) is 0 Å². The van der Waals surface area contributed by atoms with E-state index < -0.39 is 11.6 Å². The Morgan fingerprint density at radius 1 is 1.31 bits per heavy atom. The van der Waals surface area contributed by atoms with Gasteiger partial charge in [0.1, 0.15) is 0 Å². The molecule has 0 spiro atoms. The summed E-state index contributed by atoms with van der Waals surface area (Å²) in [5.74, 6) is -1.83. The molecule has 1 fully saturated rings. The number of nitrogens with zero attached hydrogens (tertiary/aromatic N) is 1. The highest BCUT2D eigenvalue weighted by Gasteiger charge is 2.26. The van der Waals surface area contributed by atoms with Gasteiger partial charge < -0.3 is 4.90 Å². The van der Waals surface area contributed by atoms with Crippen molar-refractivity contribution in [1.82, 2.24) is 0 Å². The van der Waals surface area contributed by atoms with Gasteiger partial charge in [-0.2, -0.15) is 0 Å². The van der Waals surface area contributed by atoms with E-state index in [1.165, 1.54) is 6.07 Å². The molecular formula is C12H13F2NO. The number of piperidine rings is 1. The smallest absolute Gasteiger partial charge is 0.227 e. The molecule has 16 heavy (non-hydrogen) atoms. The van der Waals surface area contributed by atoms with Gasteiger partial charge >= 0.3 is 0 Å². The van der Waals surface area contributed by atoms with Gasteiger partial charge in [0, 0.05) is 24.2 Å². The minimum absolute atomic E-state index is 0.0234. The number of anilines is 1. The van der Waals surface area contributed by atoms with E-state index in [9.17, 15) is 13.6 Å². The summed E-state index contributed by atoms with van der Waals surface area (Å²) in [4.78, 5) is 13.3. The lowest BCUT2D eigenvalue weighted by molar-refractivity contribution is -0.120. The van der Waals surface area contributed by atoms with Crippen LogP contribution in [0.1, 0.15) is 26.2 Å². The maximum atomic E-state index is 13.1. The van der Waals surface area contributed by atoms with Crippen LogP contribution < -0.4 is 4.90 Å². The molecule has 4 heteroatoms. The molecule has 1 saturated heterocycles. The fraction of sp³-hybridized carbons (Fsp3) is 0.417. The predicted molar refractivity (Wildman–Crippen MR) is 57.2 cm³/mol. The molecule has 1 aliphatic heterocycles. The van der Waals surface area contributed by atoms with Crippen LogP contribution in [0.5, 0.6) is 0 Å². The van der Waals surface area contributed by atoms with Gasteiger partial charge in [0.25, 0.3) is 0 Å². The molecule has 0 N–H and O–H groups in total. The topological polar surface area (TPSA) is 20.3 Å². The second-order valence-corrected chi connectivity index (χ2v) is 4.10. The van der Waals surface area contributed by atoms with Gasteiger partial charge in [0.2, 0.25) is 5.91 Å². The van der Waals surface area contributed by atoms with Crippen LogP contribution in [0.15, 0.2) is 18.2 Å². The van der Waals surface area contributed by atoms with Crippen molar-refractivity contribution in [2.45, 2.75) is 32.2 Å². The van der Waals surface area contributed by atoms with E-state index in [2.05, 4.69) is 0 Å². The zero-order chi connectivity index (χ0) is 11.7. The summed E-state index contributed by atoms with van der Waals surface area (Å²) >= 11 is 0. The highest BCUT2D eigenvalue weighted by atomic mass is 19.2. The quantitative estimate of drug-likeness (QED) is 0.719. The Morgan fingerprint density at radius 2 is 2.06 bits per heavy atom. The first-order valence-electron chi connectivity index (χ1n) is 5.36. The van der Waals surface area contributed by atoms with Gasteiger partial charge in [-0.05, 0) is 31.9 Å². The number of benzene rings is 1. The van der Waals surface area contributed by atoms with Gasteiger partial charge in [0.05, 0.1) is 0 Å². The molecule has 0 radical (unpaired) electrons. The van der Waals surface area contributed by atoms with Crippen molar-refractivity contribution in [2.24, 2.45) is 0 Å². The number of carbonyl (C=O) groups excluding carboxylic acids is 1. The third kappa shape index (κ3) is 1.92. The minimum atomic E-state index is -0.914. The number of rotatable bonds is 1. The zero-order valence-electron chi connectivity index (χ0n) is 9.04. The predicted octanol–water partition coefficient (Wildman–Crippen LogP) is 2.87. The first kappa shape index (κ1) is 11.0. The van der Waals surface area contributed by atoms with Gasteiger partial charge in [-0.15, -0.1) is 0 Å². The maximum Gasteiger partial charge on any atom is 0.227 e. The Balaban J connectivity index is 2.34. The molecule has 2 rings (SSSR count). The summed E-state index contributed by atoms with van der Waals surface area (Å²) in [6, 6.07) is 3.62. The lowest BCUT2D eigenvalue weighted by Crippen LogP contribution is -2.42. The highest BCUT2D eigenvalue weighted by molar-refractivity contribution is 5.94. The summed E-state index contributed by atoms with van der Waals surface area (Å²) in [5, 5.41) is 0. The van der Waals surface area contributed by atoms with E-state index in [0.29, 0.717) is 12.1 Å². The zero-order valence-corrected chi connectivity index (χ0v) is 9.04. The summed E-state index contributed by atoms with van der Waals surface area (Å²) in [6.45, 7) is 1.92. The molecule has 0 aromatic heterocycles. The Labute approximate surface area is 92.9 Å². The average molecular weight is 225 g/mol. The molecule has 1 aromatic rings. The summed E-state index contributed by atoms with van der Waals surface area (Å²) in [5.41, 5.74) is 0.441. The fourth-order valence-electron chi connectivity index (χ4n) is 2.08. The second kappa shape index (κ2) is 4.20.